The van der Waals surface area contributed by atoms with Crippen LogP contribution < -0.4 is 5.32 Å². The van der Waals surface area contributed by atoms with Crippen LogP contribution >= 0.6 is 0 Å². The van der Waals surface area contributed by atoms with E-state index in [9.17, 15) is 4.79 Å². The number of hydrogen-bond acceptors (Lipinski definition) is 3. The largest absolute Gasteiger partial charge is 0.370 e. The predicted octanol–water partition coefficient (Wildman–Crippen LogP) is 3.41. The van der Waals surface area contributed by atoms with Crippen LogP contribution in [-0.4, -0.2) is 34.9 Å². The molecule has 1 heterocycles. The summed E-state index contributed by atoms with van der Waals surface area (Å²) in [7, 11) is 0. The van der Waals surface area contributed by atoms with Crippen molar-refractivity contribution >= 4 is 11.7 Å². The standard InChI is InChI=1S/C16H27N3O/c1-6-8-17-15-10-14(7-9-18-15)16(20)19(13(4)5)11-12(2)3/h7,9-10,12-13H,6,8,11H2,1-5H3,(H,17,18). The molecule has 1 N–H and O–H groups in total. The Hall–Kier alpha value is -1.58. The molecule has 4 heteroatoms. The quantitative estimate of drug-likeness (QED) is 0.830. The fourth-order valence-corrected chi connectivity index (χ4v) is 2.00. The van der Waals surface area contributed by atoms with Crippen molar-refractivity contribution in [2.45, 2.75) is 47.1 Å². The van der Waals surface area contributed by atoms with Gasteiger partial charge in [0.05, 0.1) is 0 Å². The first kappa shape index (κ1) is 16.5. The number of nitrogens with zero attached hydrogens (tertiary/aromatic N) is 2. The van der Waals surface area contributed by atoms with Crippen LogP contribution in [0.2, 0.25) is 0 Å². The summed E-state index contributed by atoms with van der Waals surface area (Å²) >= 11 is 0. The fourth-order valence-electron chi connectivity index (χ4n) is 2.00. The molecular weight excluding hydrogens is 250 g/mol. The average Bonchev–Trinajstić information content (AvgIpc) is 2.41. The van der Waals surface area contributed by atoms with E-state index < -0.39 is 0 Å². The summed E-state index contributed by atoms with van der Waals surface area (Å²) in [6, 6.07) is 3.83. The van der Waals surface area contributed by atoms with Crippen LogP contribution in [0.1, 0.15) is 51.4 Å². The molecule has 1 aromatic heterocycles. The zero-order valence-electron chi connectivity index (χ0n) is 13.3. The van der Waals surface area contributed by atoms with E-state index in [2.05, 4.69) is 44.9 Å². The van der Waals surface area contributed by atoms with Gasteiger partial charge >= 0.3 is 0 Å². The van der Waals surface area contributed by atoms with Crippen molar-refractivity contribution < 1.29 is 4.79 Å². The minimum atomic E-state index is 0.0793. The van der Waals surface area contributed by atoms with Crippen molar-refractivity contribution in [3.8, 4) is 0 Å². The molecule has 0 saturated carbocycles. The van der Waals surface area contributed by atoms with Crippen molar-refractivity contribution in [3.63, 3.8) is 0 Å². The Kier molecular flexibility index (Phi) is 6.49. The zero-order valence-corrected chi connectivity index (χ0v) is 13.3. The Morgan fingerprint density at radius 1 is 1.35 bits per heavy atom. The summed E-state index contributed by atoms with van der Waals surface area (Å²) in [5.41, 5.74) is 0.702. The Balaban J connectivity index is 2.88. The van der Waals surface area contributed by atoms with Crippen molar-refractivity contribution in [2.24, 2.45) is 5.92 Å². The predicted molar refractivity (Wildman–Crippen MR) is 84.0 cm³/mol. The molecule has 0 radical (unpaired) electrons. The molecule has 0 unspecified atom stereocenters. The Morgan fingerprint density at radius 3 is 2.60 bits per heavy atom. The Labute approximate surface area is 122 Å². The number of amides is 1. The maximum absolute atomic E-state index is 12.6. The number of rotatable bonds is 7. The monoisotopic (exact) mass is 277 g/mol. The third-order valence-corrected chi connectivity index (χ3v) is 3.01. The van der Waals surface area contributed by atoms with Gasteiger partial charge in [0.1, 0.15) is 5.82 Å². The third kappa shape index (κ3) is 4.83. The minimum absolute atomic E-state index is 0.0793. The fraction of sp³-hybridized carbons (Fsp3) is 0.625. The van der Waals surface area contributed by atoms with Crippen LogP contribution in [0.15, 0.2) is 18.3 Å². The van der Waals surface area contributed by atoms with Gasteiger partial charge in [0.2, 0.25) is 0 Å². The molecule has 20 heavy (non-hydrogen) atoms. The van der Waals surface area contributed by atoms with E-state index in [1.165, 1.54) is 0 Å². The molecule has 0 aromatic carbocycles. The van der Waals surface area contributed by atoms with Crippen molar-refractivity contribution in [1.29, 1.82) is 0 Å². The first-order valence-electron chi connectivity index (χ1n) is 7.46. The minimum Gasteiger partial charge on any atom is -0.370 e. The van der Waals surface area contributed by atoms with Gasteiger partial charge in [-0.15, -0.1) is 0 Å². The number of carbonyl (C=O) groups is 1. The van der Waals surface area contributed by atoms with Gasteiger partial charge in [0.15, 0.2) is 0 Å². The molecule has 1 aromatic rings. The van der Waals surface area contributed by atoms with Gasteiger partial charge < -0.3 is 10.2 Å². The maximum atomic E-state index is 12.6. The number of nitrogens with one attached hydrogen (secondary N) is 1. The summed E-state index contributed by atoms with van der Waals surface area (Å²) < 4.78 is 0. The van der Waals surface area contributed by atoms with Crippen LogP contribution in [0.5, 0.6) is 0 Å². The van der Waals surface area contributed by atoms with Crippen LogP contribution in [0.25, 0.3) is 0 Å². The van der Waals surface area contributed by atoms with Gasteiger partial charge in [0, 0.05) is 30.9 Å². The second-order valence-electron chi connectivity index (χ2n) is 5.80. The summed E-state index contributed by atoms with van der Waals surface area (Å²) in [4.78, 5) is 18.8. The summed E-state index contributed by atoms with van der Waals surface area (Å²) in [6.45, 7) is 12.1. The lowest BCUT2D eigenvalue weighted by Gasteiger charge is -2.28. The topological polar surface area (TPSA) is 45.2 Å². The molecule has 0 atom stereocenters. The maximum Gasteiger partial charge on any atom is 0.254 e. The number of pyridine rings is 1. The Bertz CT molecular complexity index is 429. The molecular formula is C16H27N3O. The van der Waals surface area contributed by atoms with E-state index in [0.717, 1.165) is 25.3 Å². The summed E-state index contributed by atoms with van der Waals surface area (Å²) in [5.74, 6) is 1.31. The molecule has 0 aliphatic carbocycles. The SMILES string of the molecule is CCCNc1cc(C(=O)N(CC(C)C)C(C)C)ccn1. The van der Waals surface area contributed by atoms with Crippen molar-refractivity contribution in [3.05, 3.63) is 23.9 Å². The number of anilines is 1. The van der Waals surface area contributed by atoms with E-state index in [4.69, 9.17) is 0 Å². The highest BCUT2D eigenvalue weighted by atomic mass is 16.2. The van der Waals surface area contributed by atoms with E-state index >= 15 is 0 Å². The van der Waals surface area contributed by atoms with E-state index in [1.807, 2.05) is 11.0 Å². The molecule has 0 aliphatic rings. The molecule has 0 saturated heterocycles. The first-order valence-corrected chi connectivity index (χ1v) is 7.46. The van der Waals surface area contributed by atoms with Crippen LogP contribution in [-0.2, 0) is 0 Å². The van der Waals surface area contributed by atoms with E-state index in [-0.39, 0.29) is 11.9 Å². The third-order valence-electron chi connectivity index (χ3n) is 3.01. The van der Waals surface area contributed by atoms with Gasteiger partial charge in [-0.05, 0) is 38.3 Å². The van der Waals surface area contributed by atoms with Crippen LogP contribution in [0.4, 0.5) is 5.82 Å². The number of aromatic nitrogens is 1. The van der Waals surface area contributed by atoms with Gasteiger partial charge in [-0.3, -0.25) is 4.79 Å². The van der Waals surface area contributed by atoms with E-state index in [1.54, 1.807) is 12.3 Å². The molecule has 0 bridgehead atoms. The molecule has 0 fully saturated rings. The van der Waals surface area contributed by atoms with Gasteiger partial charge in [-0.25, -0.2) is 4.98 Å². The normalized spacial score (nSPS) is 10.9. The highest BCUT2D eigenvalue weighted by Crippen LogP contribution is 2.13. The first-order chi connectivity index (χ1) is 9.45. The van der Waals surface area contributed by atoms with Gasteiger partial charge in [-0.2, -0.15) is 0 Å². The number of carbonyl (C=O) groups excluding carboxylic acids is 1. The Morgan fingerprint density at radius 2 is 2.05 bits per heavy atom. The second-order valence-corrected chi connectivity index (χ2v) is 5.80. The lowest BCUT2D eigenvalue weighted by molar-refractivity contribution is 0.0682. The number of hydrogen-bond donors (Lipinski definition) is 1. The second kappa shape index (κ2) is 7.88. The highest BCUT2D eigenvalue weighted by Gasteiger charge is 2.20. The average molecular weight is 277 g/mol. The van der Waals surface area contributed by atoms with Crippen LogP contribution in [0, 0.1) is 5.92 Å². The lowest BCUT2D eigenvalue weighted by atomic mass is 10.1. The lowest BCUT2D eigenvalue weighted by Crippen LogP contribution is -2.39. The van der Waals surface area contributed by atoms with Crippen molar-refractivity contribution in [2.75, 3.05) is 18.4 Å². The highest BCUT2D eigenvalue weighted by molar-refractivity contribution is 5.95. The molecule has 112 valence electrons. The molecule has 0 spiro atoms. The van der Waals surface area contributed by atoms with Crippen LogP contribution in [0.3, 0.4) is 0 Å². The zero-order chi connectivity index (χ0) is 15.1. The molecule has 1 amide bonds. The van der Waals surface area contributed by atoms with Gasteiger partial charge in [-0.1, -0.05) is 20.8 Å². The molecule has 4 nitrogen and oxygen atoms in total. The van der Waals surface area contributed by atoms with Crippen molar-refractivity contribution in [1.82, 2.24) is 9.88 Å². The molecule has 0 aliphatic heterocycles. The summed E-state index contributed by atoms with van der Waals surface area (Å²) in [5, 5.41) is 3.22. The van der Waals surface area contributed by atoms with E-state index in [0.29, 0.717) is 11.5 Å². The summed E-state index contributed by atoms with van der Waals surface area (Å²) in [6.07, 6.45) is 2.73. The van der Waals surface area contributed by atoms with Gasteiger partial charge in [0.25, 0.3) is 5.91 Å². The molecule has 1 rings (SSSR count). The smallest absolute Gasteiger partial charge is 0.254 e.